The van der Waals surface area contributed by atoms with E-state index >= 15 is 0 Å². The third kappa shape index (κ3) is 1.91. The largest absolute Gasteiger partial charge is 0.368 e. The Labute approximate surface area is 117 Å². The van der Waals surface area contributed by atoms with Gasteiger partial charge in [0.15, 0.2) is 0 Å². The van der Waals surface area contributed by atoms with E-state index in [1.54, 1.807) is 0 Å². The monoisotopic (exact) mass is 270 g/mol. The molecule has 1 aromatic carbocycles. The average Bonchev–Trinajstić information content (AvgIpc) is 3.13. The van der Waals surface area contributed by atoms with Gasteiger partial charge in [-0.2, -0.15) is 0 Å². The lowest BCUT2D eigenvalue weighted by atomic mass is 10.1. The standard InChI is InChI=1S/C16H18N2O2/c19-16(15-6-3-7-20-15)17-10-8-12-11-4-1-2-5-13(11)18-14(12)9-10/h1-2,4-5,10,15,18H,3,6-9H2,(H,17,19). The average molecular weight is 270 g/mol. The topological polar surface area (TPSA) is 54.1 Å². The second-order valence-electron chi connectivity index (χ2n) is 5.74. The lowest BCUT2D eigenvalue weighted by molar-refractivity contribution is -0.130. The van der Waals surface area contributed by atoms with Crippen LogP contribution in [0.15, 0.2) is 24.3 Å². The zero-order valence-corrected chi connectivity index (χ0v) is 11.3. The molecule has 104 valence electrons. The second-order valence-corrected chi connectivity index (χ2v) is 5.74. The minimum absolute atomic E-state index is 0.0574. The van der Waals surface area contributed by atoms with Gasteiger partial charge in [-0.05, 0) is 30.9 Å². The molecule has 1 fully saturated rings. The molecule has 4 nitrogen and oxygen atoms in total. The van der Waals surface area contributed by atoms with Crippen LogP contribution in [0.1, 0.15) is 24.1 Å². The summed E-state index contributed by atoms with van der Waals surface area (Å²) in [6, 6.07) is 8.57. The number of aromatic amines is 1. The number of amides is 1. The van der Waals surface area contributed by atoms with E-state index in [0.717, 1.165) is 25.7 Å². The van der Waals surface area contributed by atoms with E-state index in [-0.39, 0.29) is 18.1 Å². The number of fused-ring (bicyclic) bond motifs is 3. The number of rotatable bonds is 2. The lowest BCUT2D eigenvalue weighted by Crippen LogP contribution is -2.41. The number of nitrogens with one attached hydrogen (secondary N) is 2. The van der Waals surface area contributed by atoms with Gasteiger partial charge in [-0.3, -0.25) is 4.79 Å². The molecule has 1 saturated heterocycles. The van der Waals surface area contributed by atoms with Gasteiger partial charge >= 0.3 is 0 Å². The van der Waals surface area contributed by atoms with E-state index in [2.05, 4.69) is 28.5 Å². The van der Waals surface area contributed by atoms with Crippen molar-refractivity contribution in [3.8, 4) is 0 Å². The lowest BCUT2D eigenvalue weighted by Gasteiger charge is -2.15. The quantitative estimate of drug-likeness (QED) is 0.876. The maximum atomic E-state index is 12.1. The van der Waals surface area contributed by atoms with Crippen LogP contribution in [0.25, 0.3) is 10.9 Å². The van der Waals surface area contributed by atoms with Gasteiger partial charge in [0.1, 0.15) is 6.10 Å². The molecule has 0 radical (unpaired) electrons. The Morgan fingerprint density at radius 3 is 3.05 bits per heavy atom. The third-order valence-electron chi connectivity index (χ3n) is 4.37. The van der Waals surface area contributed by atoms with Gasteiger partial charge < -0.3 is 15.0 Å². The Morgan fingerprint density at radius 2 is 2.20 bits per heavy atom. The van der Waals surface area contributed by atoms with Crippen molar-refractivity contribution in [2.45, 2.75) is 37.8 Å². The molecule has 1 aliphatic carbocycles. The van der Waals surface area contributed by atoms with Crippen LogP contribution < -0.4 is 5.32 Å². The fourth-order valence-corrected chi connectivity index (χ4v) is 3.41. The van der Waals surface area contributed by atoms with Gasteiger partial charge in [0.05, 0.1) is 0 Å². The maximum absolute atomic E-state index is 12.1. The second kappa shape index (κ2) is 4.63. The van der Waals surface area contributed by atoms with Gasteiger partial charge in [0.2, 0.25) is 5.91 Å². The number of benzene rings is 1. The van der Waals surface area contributed by atoms with E-state index < -0.39 is 0 Å². The molecular weight excluding hydrogens is 252 g/mol. The van der Waals surface area contributed by atoms with Crippen LogP contribution >= 0.6 is 0 Å². The number of hydrogen-bond donors (Lipinski definition) is 2. The van der Waals surface area contributed by atoms with Crippen LogP contribution in [0.5, 0.6) is 0 Å². The Morgan fingerprint density at radius 1 is 1.30 bits per heavy atom. The Hall–Kier alpha value is -1.81. The number of H-pyrrole nitrogens is 1. The number of para-hydroxylation sites is 1. The molecule has 2 aromatic rings. The molecule has 20 heavy (non-hydrogen) atoms. The van der Waals surface area contributed by atoms with Gasteiger partial charge in [-0.1, -0.05) is 18.2 Å². The first-order chi connectivity index (χ1) is 9.81. The molecule has 2 aliphatic rings. The smallest absolute Gasteiger partial charge is 0.249 e. The first kappa shape index (κ1) is 12.0. The SMILES string of the molecule is O=C(NC1Cc2[nH]c3ccccc3c2C1)C1CCCO1. The Balaban J connectivity index is 1.49. The van der Waals surface area contributed by atoms with Crippen molar-refractivity contribution in [3.63, 3.8) is 0 Å². The van der Waals surface area contributed by atoms with E-state index in [4.69, 9.17) is 4.74 Å². The summed E-state index contributed by atoms with van der Waals surface area (Å²) >= 11 is 0. The molecule has 4 heteroatoms. The van der Waals surface area contributed by atoms with Crippen molar-refractivity contribution in [1.29, 1.82) is 0 Å². The van der Waals surface area contributed by atoms with Crippen LogP contribution in [0.4, 0.5) is 0 Å². The highest BCUT2D eigenvalue weighted by atomic mass is 16.5. The summed E-state index contributed by atoms with van der Waals surface area (Å²) in [6.07, 6.45) is 3.42. The summed E-state index contributed by atoms with van der Waals surface area (Å²) in [5, 5.41) is 4.42. The summed E-state index contributed by atoms with van der Waals surface area (Å²) in [5.74, 6) is 0.0574. The van der Waals surface area contributed by atoms with Gasteiger partial charge in [0, 0.05) is 35.7 Å². The predicted molar refractivity (Wildman–Crippen MR) is 76.6 cm³/mol. The summed E-state index contributed by atoms with van der Waals surface area (Å²) in [4.78, 5) is 15.6. The van der Waals surface area contributed by atoms with Crippen LogP contribution in [0, 0.1) is 0 Å². The fraction of sp³-hybridized carbons (Fsp3) is 0.438. The van der Waals surface area contributed by atoms with Crippen LogP contribution in [0.2, 0.25) is 0 Å². The van der Waals surface area contributed by atoms with Crippen molar-refractivity contribution >= 4 is 16.8 Å². The third-order valence-corrected chi connectivity index (χ3v) is 4.37. The van der Waals surface area contributed by atoms with Gasteiger partial charge in [-0.15, -0.1) is 0 Å². The molecule has 0 saturated carbocycles. The number of carbonyl (C=O) groups excluding carboxylic acids is 1. The van der Waals surface area contributed by atoms with Crippen molar-refractivity contribution in [3.05, 3.63) is 35.5 Å². The molecule has 1 amide bonds. The molecule has 1 aliphatic heterocycles. The predicted octanol–water partition coefficient (Wildman–Crippen LogP) is 1.93. The van der Waals surface area contributed by atoms with E-state index in [0.29, 0.717) is 6.61 Å². The minimum Gasteiger partial charge on any atom is -0.368 e. The molecule has 1 aromatic heterocycles. The van der Waals surface area contributed by atoms with Gasteiger partial charge in [0.25, 0.3) is 0 Å². The molecule has 2 N–H and O–H groups in total. The Bertz CT molecular complexity index is 656. The number of ether oxygens (including phenoxy) is 1. The number of hydrogen-bond acceptors (Lipinski definition) is 2. The minimum atomic E-state index is -0.231. The first-order valence-electron chi connectivity index (χ1n) is 7.32. The maximum Gasteiger partial charge on any atom is 0.249 e. The molecule has 2 atom stereocenters. The highest BCUT2D eigenvalue weighted by Crippen LogP contribution is 2.30. The van der Waals surface area contributed by atoms with Crippen molar-refractivity contribution in [1.82, 2.24) is 10.3 Å². The number of carbonyl (C=O) groups is 1. The van der Waals surface area contributed by atoms with E-state index in [1.807, 2.05) is 6.07 Å². The molecular formula is C16H18N2O2. The summed E-state index contributed by atoms with van der Waals surface area (Å²) in [5.41, 5.74) is 3.82. The highest BCUT2D eigenvalue weighted by Gasteiger charge is 2.30. The van der Waals surface area contributed by atoms with Crippen molar-refractivity contribution in [2.24, 2.45) is 0 Å². The van der Waals surface area contributed by atoms with Crippen molar-refractivity contribution < 1.29 is 9.53 Å². The molecule has 2 heterocycles. The zero-order valence-electron chi connectivity index (χ0n) is 11.3. The van der Waals surface area contributed by atoms with Crippen LogP contribution in [-0.2, 0) is 22.4 Å². The van der Waals surface area contributed by atoms with E-state index in [1.165, 1.54) is 22.2 Å². The molecule has 0 spiro atoms. The Kier molecular flexibility index (Phi) is 2.77. The molecule has 2 unspecified atom stereocenters. The van der Waals surface area contributed by atoms with Crippen LogP contribution in [0.3, 0.4) is 0 Å². The molecule has 4 rings (SSSR count). The molecule has 0 bridgehead atoms. The summed E-state index contributed by atoms with van der Waals surface area (Å²) in [6.45, 7) is 0.715. The normalized spacial score (nSPS) is 25.0. The highest BCUT2D eigenvalue weighted by molar-refractivity contribution is 5.86. The fourth-order valence-electron chi connectivity index (χ4n) is 3.41. The van der Waals surface area contributed by atoms with Crippen LogP contribution in [-0.4, -0.2) is 29.6 Å². The van der Waals surface area contributed by atoms with Gasteiger partial charge in [-0.25, -0.2) is 0 Å². The van der Waals surface area contributed by atoms with Crippen molar-refractivity contribution in [2.75, 3.05) is 6.61 Å². The summed E-state index contributed by atoms with van der Waals surface area (Å²) in [7, 11) is 0. The van der Waals surface area contributed by atoms with E-state index in [9.17, 15) is 4.79 Å². The summed E-state index contributed by atoms with van der Waals surface area (Å²) < 4.78 is 5.43. The zero-order chi connectivity index (χ0) is 13.5. The number of aromatic nitrogens is 1. The first-order valence-corrected chi connectivity index (χ1v) is 7.32.